The van der Waals surface area contributed by atoms with E-state index in [-0.39, 0.29) is 5.91 Å². The minimum Gasteiger partial charge on any atom is -0.490 e. The number of ether oxygens (including phenoxy) is 3. The summed E-state index contributed by atoms with van der Waals surface area (Å²) in [7, 11) is 0. The first-order chi connectivity index (χ1) is 17.4. The molecule has 8 heteroatoms. The molecule has 1 aromatic heterocycles. The van der Waals surface area contributed by atoms with Gasteiger partial charge in [0.1, 0.15) is 5.58 Å². The average molecular weight is 508 g/mol. The number of carbonyl (C=O) groups excluding carboxylic acids is 1. The summed E-state index contributed by atoms with van der Waals surface area (Å²) in [5.41, 5.74) is 1.65. The topological polar surface area (TPSA) is 87.0 Å². The van der Waals surface area contributed by atoms with E-state index in [1.807, 2.05) is 32.9 Å². The highest BCUT2D eigenvalue weighted by atomic mass is 35.5. The molecule has 4 aromatic rings. The van der Waals surface area contributed by atoms with E-state index >= 15 is 0 Å². The van der Waals surface area contributed by atoms with Crippen LogP contribution in [-0.4, -0.2) is 25.7 Å². The van der Waals surface area contributed by atoms with Crippen molar-refractivity contribution in [3.05, 3.63) is 81.7 Å². The second-order valence-corrected chi connectivity index (χ2v) is 8.14. The Bertz CT molecular complexity index is 1440. The molecule has 0 saturated carbocycles. The van der Waals surface area contributed by atoms with Crippen molar-refractivity contribution in [2.75, 3.05) is 25.1 Å². The van der Waals surface area contributed by atoms with E-state index in [1.165, 1.54) is 0 Å². The van der Waals surface area contributed by atoms with Crippen LogP contribution >= 0.6 is 11.6 Å². The number of fused-ring (bicyclic) bond motifs is 1. The van der Waals surface area contributed by atoms with E-state index in [4.69, 9.17) is 30.2 Å². The van der Waals surface area contributed by atoms with E-state index < -0.39 is 5.63 Å². The van der Waals surface area contributed by atoms with Crippen LogP contribution in [0.3, 0.4) is 0 Å². The summed E-state index contributed by atoms with van der Waals surface area (Å²) >= 11 is 6.52. The molecule has 1 heterocycles. The third-order valence-corrected chi connectivity index (χ3v) is 5.64. The first kappa shape index (κ1) is 25.1. The fourth-order valence-electron chi connectivity index (χ4n) is 3.78. The number of benzene rings is 3. The number of rotatable bonds is 9. The fourth-order valence-corrected chi connectivity index (χ4v) is 4.07. The summed E-state index contributed by atoms with van der Waals surface area (Å²) < 4.78 is 22.5. The summed E-state index contributed by atoms with van der Waals surface area (Å²) in [5, 5.41) is 3.92. The summed E-state index contributed by atoms with van der Waals surface area (Å²) in [6.45, 7) is 6.78. The van der Waals surface area contributed by atoms with Gasteiger partial charge >= 0.3 is 5.63 Å². The van der Waals surface area contributed by atoms with Gasteiger partial charge in [0.15, 0.2) is 11.5 Å². The molecule has 1 amide bonds. The van der Waals surface area contributed by atoms with Gasteiger partial charge < -0.3 is 23.9 Å². The van der Waals surface area contributed by atoms with Crippen molar-refractivity contribution >= 4 is 34.2 Å². The summed E-state index contributed by atoms with van der Waals surface area (Å²) in [6, 6.07) is 17.2. The minimum atomic E-state index is -0.492. The molecule has 0 unspecified atom stereocenters. The molecule has 0 aliphatic heterocycles. The van der Waals surface area contributed by atoms with Crippen molar-refractivity contribution in [2.45, 2.75) is 20.8 Å². The maximum atomic E-state index is 13.1. The number of para-hydroxylation sites is 1. The Balaban J connectivity index is 1.63. The number of halogens is 1. The lowest BCUT2D eigenvalue weighted by atomic mass is 10.1. The number of nitrogens with one attached hydrogen (secondary N) is 1. The fraction of sp³-hybridized carbons (Fsp3) is 0.214. The molecule has 0 aliphatic carbocycles. The Morgan fingerprint density at radius 1 is 0.861 bits per heavy atom. The number of carbonyl (C=O) groups is 1. The van der Waals surface area contributed by atoms with E-state index in [1.54, 1.807) is 48.5 Å². The van der Waals surface area contributed by atoms with Gasteiger partial charge in [-0.3, -0.25) is 4.79 Å². The van der Waals surface area contributed by atoms with Crippen LogP contribution in [-0.2, 0) is 0 Å². The van der Waals surface area contributed by atoms with Gasteiger partial charge in [0, 0.05) is 22.2 Å². The lowest BCUT2D eigenvalue weighted by molar-refractivity contribution is 0.102. The molecule has 7 nitrogen and oxygen atoms in total. The Morgan fingerprint density at radius 3 is 2.17 bits per heavy atom. The van der Waals surface area contributed by atoms with Crippen molar-refractivity contribution in [1.82, 2.24) is 0 Å². The van der Waals surface area contributed by atoms with Crippen molar-refractivity contribution in [3.8, 4) is 28.4 Å². The lowest BCUT2D eigenvalue weighted by Crippen LogP contribution is -2.13. The lowest BCUT2D eigenvalue weighted by Gasteiger charge is -2.17. The van der Waals surface area contributed by atoms with Crippen molar-refractivity contribution in [3.63, 3.8) is 0 Å². The van der Waals surface area contributed by atoms with E-state index in [0.29, 0.717) is 70.1 Å². The highest BCUT2D eigenvalue weighted by Gasteiger charge is 2.19. The van der Waals surface area contributed by atoms with Crippen LogP contribution < -0.4 is 25.2 Å². The Kier molecular flexibility index (Phi) is 7.80. The predicted octanol–water partition coefficient (Wildman–Crippen LogP) is 6.56. The van der Waals surface area contributed by atoms with Crippen molar-refractivity contribution in [1.29, 1.82) is 0 Å². The average Bonchev–Trinajstić information content (AvgIpc) is 2.86. The van der Waals surface area contributed by atoms with Gasteiger partial charge in [-0.1, -0.05) is 35.9 Å². The van der Waals surface area contributed by atoms with Crippen LogP contribution in [0.15, 0.2) is 69.9 Å². The Labute approximate surface area is 213 Å². The van der Waals surface area contributed by atoms with E-state index in [0.717, 1.165) is 5.39 Å². The number of hydrogen-bond donors (Lipinski definition) is 1. The molecular formula is C28H26ClNO6. The van der Waals surface area contributed by atoms with Crippen molar-refractivity contribution in [2.24, 2.45) is 0 Å². The minimum absolute atomic E-state index is 0.298. The van der Waals surface area contributed by atoms with Crippen LogP contribution in [0.4, 0.5) is 5.69 Å². The van der Waals surface area contributed by atoms with Gasteiger partial charge in [0.2, 0.25) is 5.75 Å². The molecule has 0 atom stereocenters. The second-order valence-electron chi connectivity index (χ2n) is 7.73. The third kappa shape index (κ3) is 5.31. The third-order valence-electron chi connectivity index (χ3n) is 5.33. The summed E-state index contributed by atoms with van der Waals surface area (Å²) in [5.74, 6) is 0.923. The zero-order valence-corrected chi connectivity index (χ0v) is 21.0. The van der Waals surface area contributed by atoms with Gasteiger partial charge in [-0.15, -0.1) is 0 Å². The molecule has 0 spiro atoms. The second kappa shape index (κ2) is 11.2. The summed E-state index contributed by atoms with van der Waals surface area (Å²) in [6.07, 6.45) is 0. The Hall–Kier alpha value is -3.97. The first-order valence-electron chi connectivity index (χ1n) is 11.7. The number of hydrogen-bond acceptors (Lipinski definition) is 6. The van der Waals surface area contributed by atoms with Crippen LogP contribution in [0.5, 0.6) is 17.2 Å². The number of amides is 1. The molecule has 0 radical (unpaired) electrons. The smallest absolute Gasteiger partial charge is 0.344 e. The quantitative estimate of drug-likeness (QED) is 0.258. The zero-order chi connectivity index (χ0) is 25.7. The van der Waals surface area contributed by atoms with Gasteiger partial charge in [0.25, 0.3) is 5.91 Å². The van der Waals surface area contributed by atoms with E-state index in [2.05, 4.69) is 5.32 Å². The number of anilines is 1. The van der Waals surface area contributed by atoms with Gasteiger partial charge in [0.05, 0.1) is 30.4 Å². The van der Waals surface area contributed by atoms with Crippen molar-refractivity contribution < 1.29 is 23.4 Å². The molecule has 0 bridgehead atoms. The normalized spacial score (nSPS) is 10.8. The van der Waals surface area contributed by atoms with Gasteiger partial charge in [-0.05, 0) is 57.2 Å². The van der Waals surface area contributed by atoms with Gasteiger partial charge in [-0.25, -0.2) is 4.79 Å². The molecular weight excluding hydrogens is 482 g/mol. The van der Waals surface area contributed by atoms with Crippen LogP contribution in [0.1, 0.15) is 31.1 Å². The molecule has 186 valence electrons. The highest BCUT2D eigenvalue weighted by molar-refractivity contribution is 6.33. The monoisotopic (exact) mass is 507 g/mol. The molecule has 0 saturated heterocycles. The molecule has 1 N–H and O–H groups in total. The predicted molar refractivity (Wildman–Crippen MR) is 141 cm³/mol. The zero-order valence-electron chi connectivity index (χ0n) is 20.2. The maximum absolute atomic E-state index is 13.1. The SMILES string of the molecule is CCOc1cc(C(=O)Nc2ccc(-c3cc4ccccc4oc3=O)c(Cl)c2)cc(OCC)c1OCC. The first-order valence-corrected chi connectivity index (χ1v) is 12.0. The van der Waals surface area contributed by atoms with E-state index in [9.17, 15) is 9.59 Å². The van der Waals surface area contributed by atoms with Crippen LogP contribution in [0.2, 0.25) is 5.02 Å². The molecule has 36 heavy (non-hydrogen) atoms. The molecule has 3 aromatic carbocycles. The standard InChI is InChI=1S/C28H26ClNO6/c1-4-33-24-14-18(15-25(34-5-2)26(24)35-6-3)27(31)30-19-11-12-20(22(29)16-19)21-13-17-9-7-8-10-23(17)36-28(21)32/h7-16H,4-6H2,1-3H3,(H,30,31). The summed E-state index contributed by atoms with van der Waals surface area (Å²) in [4.78, 5) is 25.6. The molecule has 4 rings (SSSR count). The van der Waals surface area contributed by atoms with Crippen LogP contribution in [0.25, 0.3) is 22.1 Å². The van der Waals surface area contributed by atoms with Gasteiger partial charge in [-0.2, -0.15) is 0 Å². The maximum Gasteiger partial charge on any atom is 0.344 e. The largest absolute Gasteiger partial charge is 0.490 e. The van der Waals surface area contributed by atoms with Crippen LogP contribution in [0, 0.1) is 0 Å². The Morgan fingerprint density at radius 2 is 1.53 bits per heavy atom. The molecule has 0 aliphatic rings. The molecule has 0 fully saturated rings. The highest BCUT2D eigenvalue weighted by Crippen LogP contribution is 2.39.